The summed E-state index contributed by atoms with van der Waals surface area (Å²) in [5, 5.41) is 10.6. The van der Waals surface area contributed by atoms with Crippen molar-refractivity contribution in [2.45, 2.75) is 19.1 Å². The normalized spacial score (nSPS) is 16.5. The number of hydrogen-bond acceptors (Lipinski definition) is 3. The summed E-state index contributed by atoms with van der Waals surface area (Å²) in [6, 6.07) is 38.5. The Morgan fingerprint density at radius 3 is 2.43 bits per heavy atom. The summed E-state index contributed by atoms with van der Waals surface area (Å²) < 4.78 is 9.18. The number of furan rings is 1. The second kappa shape index (κ2) is 9.08. The first-order valence-corrected chi connectivity index (χ1v) is 14.6. The largest absolute Gasteiger partial charge is 0.455 e. The number of allylic oxidation sites excluding steroid dienone is 3. The van der Waals surface area contributed by atoms with E-state index in [9.17, 15) is 0 Å². The second-order valence-electron chi connectivity index (χ2n) is 11.1. The van der Waals surface area contributed by atoms with E-state index in [1.165, 1.54) is 5.57 Å². The van der Waals surface area contributed by atoms with E-state index in [2.05, 4.69) is 131 Å². The molecule has 5 aromatic carbocycles. The SMILES string of the molecule is C1=CCCC(C2=c3ccccc3=NC(n3c4ccccc4c4c5oc6c(-c7ccccc7)cccc6c5ccc43)N2)=C1. The van der Waals surface area contributed by atoms with E-state index >= 15 is 0 Å². The van der Waals surface area contributed by atoms with Crippen molar-refractivity contribution in [1.29, 1.82) is 0 Å². The predicted molar refractivity (Wildman–Crippen MR) is 171 cm³/mol. The summed E-state index contributed by atoms with van der Waals surface area (Å²) in [5.74, 6) is 0. The van der Waals surface area contributed by atoms with Gasteiger partial charge in [-0.15, -0.1) is 0 Å². The van der Waals surface area contributed by atoms with Crippen molar-refractivity contribution in [3.63, 3.8) is 0 Å². The second-order valence-corrected chi connectivity index (χ2v) is 11.1. The molecule has 0 bridgehead atoms. The minimum atomic E-state index is -0.300. The zero-order chi connectivity index (χ0) is 27.6. The van der Waals surface area contributed by atoms with Gasteiger partial charge in [0, 0.05) is 32.6 Å². The lowest BCUT2D eigenvalue weighted by Crippen LogP contribution is -2.41. The summed E-state index contributed by atoms with van der Waals surface area (Å²) in [4.78, 5) is 5.26. The molecular weight excluding hydrogens is 514 g/mol. The van der Waals surface area contributed by atoms with Gasteiger partial charge in [-0.05, 0) is 48.2 Å². The third-order valence-electron chi connectivity index (χ3n) is 8.71. The Kier molecular flexibility index (Phi) is 5.05. The van der Waals surface area contributed by atoms with E-state index in [4.69, 9.17) is 9.41 Å². The third-order valence-corrected chi connectivity index (χ3v) is 8.71. The van der Waals surface area contributed by atoms with Crippen LogP contribution in [0.3, 0.4) is 0 Å². The molecule has 9 rings (SSSR count). The summed E-state index contributed by atoms with van der Waals surface area (Å²) in [6.07, 6.45) is 8.39. The quantitative estimate of drug-likeness (QED) is 0.245. The van der Waals surface area contributed by atoms with Gasteiger partial charge in [-0.25, -0.2) is 4.99 Å². The number of aromatic nitrogens is 1. The molecule has 1 atom stereocenters. The molecule has 2 aliphatic rings. The first kappa shape index (κ1) is 23.4. The molecule has 0 amide bonds. The zero-order valence-corrected chi connectivity index (χ0v) is 22.9. The van der Waals surface area contributed by atoms with E-state index in [0.717, 1.165) is 84.0 Å². The smallest absolute Gasteiger partial charge is 0.201 e. The van der Waals surface area contributed by atoms with E-state index < -0.39 is 0 Å². The molecule has 1 aliphatic carbocycles. The Balaban J connectivity index is 1.32. The Bertz CT molecular complexity index is 2390. The highest BCUT2D eigenvalue weighted by molar-refractivity contribution is 6.24. The van der Waals surface area contributed by atoms with Crippen LogP contribution in [0.4, 0.5) is 0 Å². The highest BCUT2D eigenvalue weighted by Crippen LogP contribution is 2.42. The van der Waals surface area contributed by atoms with E-state index in [-0.39, 0.29) is 6.29 Å². The van der Waals surface area contributed by atoms with Gasteiger partial charge in [-0.3, -0.25) is 0 Å². The number of benzene rings is 5. The molecule has 7 aromatic rings. The van der Waals surface area contributed by atoms with Crippen LogP contribution in [-0.4, -0.2) is 4.57 Å². The summed E-state index contributed by atoms with van der Waals surface area (Å²) in [6.45, 7) is 0. The van der Waals surface area contributed by atoms with Gasteiger partial charge >= 0.3 is 0 Å². The molecule has 2 aromatic heterocycles. The zero-order valence-electron chi connectivity index (χ0n) is 22.9. The van der Waals surface area contributed by atoms with Crippen molar-refractivity contribution in [1.82, 2.24) is 9.88 Å². The number of rotatable bonds is 3. The maximum Gasteiger partial charge on any atom is 0.201 e. The van der Waals surface area contributed by atoms with Crippen LogP contribution in [0.1, 0.15) is 19.1 Å². The topological polar surface area (TPSA) is 42.5 Å². The Morgan fingerprint density at radius 1 is 0.714 bits per heavy atom. The number of nitrogens with one attached hydrogen (secondary N) is 1. The summed E-state index contributed by atoms with van der Waals surface area (Å²) >= 11 is 0. The lowest BCUT2D eigenvalue weighted by molar-refractivity contribution is 0.488. The van der Waals surface area contributed by atoms with Crippen molar-refractivity contribution in [3.8, 4) is 11.1 Å². The van der Waals surface area contributed by atoms with Gasteiger partial charge in [0.05, 0.1) is 21.8 Å². The van der Waals surface area contributed by atoms with Gasteiger partial charge in [0.25, 0.3) is 0 Å². The van der Waals surface area contributed by atoms with Gasteiger partial charge < -0.3 is 14.3 Å². The number of para-hydroxylation sites is 3. The minimum Gasteiger partial charge on any atom is -0.455 e. The highest BCUT2D eigenvalue weighted by Gasteiger charge is 2.25. The predicted octanol–water partition coefficient (Wildman–Crippen LogP) is 8.12. The molecule has 4 heteroatoms. The molecule has 1 unspecified atom stereocenters. The van der Waals surface area contributed by atoms with E-state index in [0.29, 0.717) is 0 Å². The maximum absolute atomic E-state index is 6.85. The lowest BCUT2D eigenvalue weighted by atomic mass is 9.99. The van der Waals surface area contributed by atoms with Crippen LogP contribution in [0.25, 0.3) is 60.6 Å². The highest BCUT2D eigenvalue weighted by atomic mass is 16.3. The molecule has 0 saturated heterocycles. The number of nitrogens with zero attached hydrogens (tertiary/aromatic N) is 2. The van der Waals surface area contributed by atoms with E-state index in [1.807, 2.05) is 6.07 Å². The fourth-order valence-electron chi connectivity index (χ4n) is 6.81. The van der Waals surface area contributed by atoms with Gasteiger partial charge in [-0.2, -0.15) is 0 Å². The fourth-order valence-corrected chi connectivity index (χ4v) is 6.81. The maximum atomic E-state index is 6.85. The molecule has 1 N–H and O–H groups in total. The Labute approximate surface area is 242 Å². The van der Waals surface area contributed by atoms with Crippen LogP contribution in [0.2, 0.25) is 0 Å². The van der Waals surface area contributed by atoms with Crippen LogP contribution < -0.4 is 15.9 Å². The molecule has 4 nitrogen and oxygen atoms in total. The molecule has 1 aliphatic heterocycles. The molecule has 200 valence electrons. The van der Waals surface area contributed by atoms with Crippen LogP contribution in [0.5, 0.6) is 0 Å². The van der Waals surface area contributed by atoms with Crippen LogP contribution in [0.15, 0.2) is 142 Å². The van der Waals surface area contributed by atoms with Gasteiger partial charge in [0.2, 0.25) is 6.29 Å². The van der Waals surface area contributed by atoms with E-state index in [1.54, 1.807) is 0 Å². The van der Waals surface area contributed by atoms with Crippen molar-refractivity contribution in [3.05, 3.63) is 144 Å². The number of fused-ring (bicyclic) bond motifs is 8. The lowest BCUT2D eigenvalue weighted by Gasteiger charge is -2.26. The Hall–Kier alpha value is -5.35. The molecule has 3 heterocycles. The first-order chi connectivity index (χ1) is 20.8. The number of hydrogen-bond donors (Lipinski definition) is 1. The molecule has 42 heavy (non-hydrogen) atoms. The average Bonchev–Trinajstić information content (AvgIpc) is 3.61. The monoisotopic (exact) mass is 541 g/mol. The van der Waals surface area contributed by atoms with Crippen molar-refractivity contribution in [2.24, 2.45) is 4.99 Å². The van der Waals surface area contributed by atoms with Crippen molar-refractivity contribution >= 4 is 49.4 Å². The van der Waals surface area contributed by atoms with Gasteiger partial charge in [0.1, 0.15) is 11.2 Å². The van der Waals surface area contributed by atoms with Crippen LogP contribution in [0, 0.1) is 0 Å². The standard InChI is InChI=1S/C38H27N3O/c1-3-12-24(13-4-1)26-18-11-19-27-28-22-23-33-34(37(28)42-36(26)27)30-17-8-10-21-32(30)41(33)38-39-31-20-9-7-16-29(31)35(40-38)25-14-5-2-6-15-25/h1-5,7-14,16-23,38,40H,6,15H2. The average molecular weight is 542 g/mol. The van der Waals surface area contributed by atoms with Crippen LogP contribution >= 0.6 is 0 Å². The summed E-state index contributed by atoms with van der Waals surface area (Å²) in [7, 11) is 0. The molecule has 0 saturated carbocycles. The molecule has 0 radical (unpaired) electrons. The van der Waals surface area contributed by atoms with Crippen molar-refractivity contribution < 1.29 is 4.42 Å². The third kappa shape index (κ3) is 3.39. The Morgan fingerprint density at radius 2 is 1.52 bits per heavy atom. The summed E-state index contributed by atoms with van der Waals surface area (Å²) in [5.41, 5.74) is 8.81. The minimum absolute atomic E-state index is 0.300. The first-order valence-electron chi connectivity index (χ1n) is 14.6. The van der Waals surface area contributed by atoms with Crippen molar-refractivity contribution in [2.75, 3.05) is 0 Å². The van der Waals surface area contributed by atoms with Gasteiger partial charge in [-0.1, -0.05) is 103 Å². The molecule has 0 fully saturated rings. The molecule has 0 spiro atoms. The molecular formula is C38H27N3O. The van der Waals surface area contributed by atoms with Gasteiger partial charge in [0.15, 0.2) is 0 Å². The van der Waals surface area contributed by atoms with Crippen LogP contribution in [-0.2, 0) is 0 Å². The fraction of sp³-hybridized carbons (Fsp3) is 0.0789.